The molecule has 0 aromatic heterocycles. The molecule has 0 saturated heterocycles. The standard InChI is InChI=1S/C60H60N2/c1-55(2)29-15-31-57(5)49-37-39(25-27-51(49)61(59(55,57)7)47-17-11-9-12-18-47)45-33-41-21-23-43-35-46(36-44-24-22-42(34-45)53(41)54(43)44)40-26-28-52-50(38-40)58(6)32-16-30-56(3,4)60(58,8)62(52)48-19-13-10-14-20-48/h9-14,17-28,33-38H,15-16,29-32H2,1-8H3. The number of fused-ring (bicyclic) bond motifs is 6. The van der Waals surface area contributed by atoms with Gasteiger partial charge in [0.05, 0.1) is 11.1 Å². The number of hydrogen-bond donors (Lipinski definition) is 0. The summed E-state index contributed by atoms with van der Waals surface area (Å²) in [5.74, 6) is 0. The fourth-order valence-corrected chi connectivity index (χ4v) is 14.4. The van der Waals surface area contributed by atoms with E-state index in [4.69, 9.17) is 0 Å². The molecular formula is C60H60N2. The summed E-state index contributed by atoms with van der Waals surface area (Å²) in [7, 11) is 0. The van der Waals surface area contributed by atoms with E-state index in [1.807, 2.05) is 0 Å². The van der Waals surface area contributed by atoms with Gasteiger partial charge >= 0.3 is 0 Å². The molecule has 4 aliphatic rings. The highest BCUT2D eigenvalue weighted by Crippen LogP contribution is 2.68. The van der Waals surface area contributed by atoms with Crippen molar-refractivity contribution in [2.24, 2.45) is 10.8 Å². The average Bonchev–Trinajstić information content (AvgIpc) is 3.62. The first-order valence-electron chi connectivity index (χ1n) is 23.4. The van der Waals surface area contributed by atoms with Crippen molar-refractivity contribution in [3.05, 3.63) is 157 Å². The third-order valence-corrected chi connectivity index (χ3v) is 18.5. The van der Waals surface area contributed by atoms with Crippen molar-refractivity contribution in [2.45, 2.75) is 116 Å². The van der Waals surface area contributed by atoms with Crippen LogP contribution in [0.25, 0.3) is 54.6 Å². The van der Waals surface area contributed by atoms with Gasteiger partial charge in [-0.05, 0) is 189 Å². The van der Waals surface area contributed by atoms with Crippen LogP contribution < -0.4 is 9.80 Å². The SMILES string of the molecule is CC1(C)CCCC2(C)c3cc(-c4cc5ccc6cc(-c7ccc8c(c7)C7(C)CCCC(C)(C)C7(C)N8c7ccccc7)cc7ccc(c4)c5c67)ccc3N(c3ccccc3)C12C. The molecular weight excluding hydrogens is 749 g/mol. The highest BCUT2D eigenvalue weighted by molar-refractivity contribution is 6.24. The molecule has 8 aromatic rings. The topological polar surface area (TPSA) is 6.48 Å². The summed E-state index contributed by atoms with van der Waals surface area (Å²) in [6, 6.07) is 56.4. The molecule has 12 rings (SSSR count). The molecule has 8 aromatic carbocycles. The Kier molecular flexibility index (Phi) is 7.70. The Balaban J connectivity index is 0.957. The molecule has 4 unspecified atom stereocenters. The second kappa shape index (κ2) is 12.5. The van der Waals surface area contributed by atoms with Crippen LogP contribution in [0.15, 0.2) is 146 Å². The zero-order valence-corrected chi connectivity index (χ0v) is 38.0. The second-order valence-corrected chi connectivity index (χ2v) is 21.8. The van der Waals surface area contributed by atoms with Crippen molar-refractivity contribution in [3.63, 3.8) is 0 Å². The van der Waals surface area contributed by atoms with Gasteiger partial charge in [-0.3, -0.25) is 0 Å². The lowest BCUT2D eigenvalue weighted by Gasteiger charge is -2.59. The first-order valence-corrected chi connectivity index (χ1v) is 23.4. The van der Waals surface area contributed by atoms with E-state index >= 15 is 0 Å². The smallest absolute Gasteiger partial charge is 0.0568 e. The van der Waals surface area contributed by atoms with Crippen molar-refractivity contribution in [2.75, 3.05) is 9.80 Å². The average molecular weight is 809 g/mol. The Bertz CT molecular complexity index is 2830. The van der Waals surface area contributed by atoms with Gasteiger partial charge in [-0.1, -0.05) is 127 Å². The van der Waals surface area contributed by atoms with Crippen LogP contribution in [-0.2, 0) is 10.8 Å². The van der Waals surface area contributed by atoms with E-state index in [1.54, 1.807) is 0 Å². The number of nitrogens with zero attached hydrogens (tertiary/aromatic N) is 2. The van der Waals surface area contributed by atoms with Crippen molar-refractivity contribution >= 4 is 55.1 Å². The molecule has 2 aliphatic heterocycles. The monoisotopic (exact) mass is 808 g/mol. The normalized spacial score (nSPS) is 27.1. The van der Waals surface area contributed by atoms with Gasteiger partial charge in [0, 0.05) is 33.6 Å². The van der Waals surface area contributed by atoms with Gasteiger partial charge in [0.1, 0.15) is 0 Å². The number of para-hydroxylation sites is 2. The Morgan fingerprint density at radius 3 is 1.06 bits per heavy atom. The number of rotatable bonds is 4. The Morgan fingerprint density at radius 1 is 0.355 bits per heavy atom. The number of benzene rings is 8. The molecule has 0 spiro atoms. The first-order chi connectivity index (χ1) is 29.7. The molecule has 0 radical (unpaired) electrons. The number of anilines is 4. The van der Waals surface area contributed by atoms with E-state index in [-0.39, 0.29) is 32.7 Å². The van der Waals surface area contributed by atoms with Crippen LogP contribution >= 0.6 is 0 Å². The van der Waals surface area contributed by atoms with Crippen LogP contribution in [0, 0.1) is 10.8 Å². The molecule has 2 aliphatic carbocycles. The minimum atomic E-state index is -0.0551. The fraction of sp³-hybridized carbons (Fsp3) is 0.333. The quantitative estimate of drug-likeness (QED) is 0.163. The van der Waals surface area contributed by atoms with Crippen LogP contribution in [-0.4, -0.2) is 11.1 Å². The molecule has 2 nitrogen and oxygen atoms in total. The van der Waals surface area contributed by atoms with Gasteiger partial charge in [-0.2, -0.15) is 0 Å². The lowest BCUT2D eigenvalue weighted by molar-refractivity contribution is 0.0484. The van der Waals surface area contributed by atoms with Crippen LogP contribution in [0.1, 0.15) is 105 Å². The molecule has 0 amide bonds. The molecule has 0 N–H and O–H groups in total. The van der Waals surface area contributed by atoms with E-state index < -0.39 is 0 Å². The predicted molar refractivity (Wildman–Crippen MR) is 265 cm³/mol. The van der Waals surface area contributed by atoms with Gasteiger partial charge in [0.25, 0.3) is 0 Å². The van der Waals surface area contributed by atoms with Gasteiger partial charge in [-0.15, -0.1) is 0 Å². The van der Waals surface area contributed by atoms with E-state index in [9.17, 15) is 0 Å². The minimum absolute atomic E-state index is 0.0221. The summed E-state index contributed by atoms with van der Waals surface area (Å²) in [6.07, 6.45) is 7.37. The second-order valence-electron chi connectivity index (χ2n) is 21.8. The third kappa shape index (κ3) is 4.66. The summed E-state index contributed by atoms with van der Waals surface area (Å²) in [5.41, 5.74) is 13.8. The first kappa shape index (κ1) is 38.1. The van der Waals surface area contributed by atoms with E-state index in [1.165, 1.54) is 127 Å². The van der Waals surface area contributed by atoms with Gasteiger partial charge < -0.3 is 9.80 Å². The fourth-order valence-electron chi connectivity index (χ4n) is 14.4. The molecule has 0 bridgehead atoms. The molecule has 62 heavy (non-hydrogen) atoms. The summed E-state index contributed by atoms with van der Waals surface area (Å²) in [6.45, 7) is 20.2. The van der Waals surface area contributed by atoms with E-state index in [0.717, 1.165) is 0 Å². The van der Waals surface area contributed by atoms with Crippen LogP contribution in [0.5, 0.6) is 0 Å². The van der Waals surface area contributed by atoms with Gasteiger partial charge in [0.15, 0.2) is 0 Å². The zero-order valence-electron chi connectivity index (χ0n) is 38.0. The summed E-state index contributed by atoms with van der Waals surface area (Å²) >= 11 is 0. The van der Waals surface area contributed by atoms with Crippen molar-refractivity contribution in [3.8, 4) is 22.3 Å². The summed E-state index contributed by atoms with van der Waals surface area (Å²) in [4.78, 5) is 5.41. The lowest BCUT2D eigenvalue weighted by atomic mass is 9.51. The maximum Gasteiger partial charge on any atom is 0.0568 e. The van der Waals surface area contributed by atoms with E-state index in [2.05, 4.69) is 211 Å². The third-order valence-electron chi connectivity index (χ3n) is 18.5. The highest BCUT2D eigenvalue weighted by Gasteiger charge is 2.66. The molecule has 4 atom stereocenters. The molecule has 310 valence electrons. The zero-order chi connectivity index (χ0) is 42.6. The Hall–Kier alpha value is -5.60. The maximum absolute atomic E-state index is 2.70. The summed E-state index contributed by atoms with van der Waals surface area (Å²) < 4.78 is 0. The lowest BCUT2D eigenvalue weighted by Crippen LogP contribution is -2.64. The Morgan fingerprint density at radius 2 is 0.710 bits per heavy atom. The highest BCUT2D eigenvalue weighted by atomic mass is 15.3. The van der Waals surface area contributed by atoms with Crippen LogP contribution in [0.2, 0.25) is 0 Å². The van der Waals surface area contributed by atoms with Gasteiger partial charge in [0.2, 0.25) is 0 Å². The van der Waals surface area contributed by atoms with Crippen LogP contribution in [0.4, 0.5) is 22.7 Å². The largest absolute Gasteiger partial charge is 0.334 e. The number of hydrogen-bond acceptors (Lipinski definition) is 2. The molecule has 2 heteroatoms. The van der Waals surface area contributed by atoms with Gasteiger partial charge in [-0.25, -0.2) is 0 Å². The van der Waals surface area contributed by atoms with Crippen molar-refractivity contribution < 1.29 is 0 Å². The molecule has 2 saturated carbocycles. The molecule has 2 heterocycles. The van der Waals surface area contributed by atoms with Crippen molar-refractivity contribution in [1.29, 1.82) is 0 Å². The minimum Gasteiger partial charge on any atom is -0.334 e. The Labute approximate surface area is 368 Å². The van der Waals surface area contributed by atoms with Crippen LogP contribution in [0.3, 0.4) is 0 Å². The molecule has 2 fully saturated rings. The van der Waals surface area contributed by atoms with E-state index in [0.29, 0.717) is 0 Å². The predicted octanol–water partition coefficient (Wildman–Crippen LogP) is 16.7. The summed E-state index contributed by atoms with van der Waals surface area (Å²) in [5, 5.41) is 8.01. The maximum atomic E-state index is 2.70. The van der Waals surface area contributed by atoms with Crippen molar-refractivity contribution in [1.82, 2.24) is 0 Å².